The number of nitrogens with zero attached hydrogens (tertiary/aromatic N) is 4. The predicted molar refractivity (Wildman–Crippen MR) is 93.3 cm³/mol. The van der Waals surface area contributed by atoms with E-state index in [1.54, 1.807) is 0 Å². The highest BCUT2D eigenvalue weighted by atomic mass is 19.4. The van der Waals surface area contributed by atoms with Crippen molar-refractivity contribution in [2.24, 2.45) is 0 Å². The Hall–Kier alpha value is -4.05. The van der Waals surface area contributed by atoms with E-state index in [2.05, 4.69) is 9.97 Å². The zero-order valence-electron chi connectivity index (χ0n) is 15.7. The van der Waals surface area contributed by atoms with Gasteiger partial charge in [-0.3, -0.25) is 20.2 Å². The van der Waals surface area contributed by atoms with Gasteiger partial charge in [0, 0.05) is 5.56 Å². The third kappa shape index (κ3) is 4.67. The van der Waals surface area contributed by atoms with E-state index in [4.69, 9.17) is 0 Å². The lowest BCUT2D eigenvalue weighted by Crippen LogP contribution is -2.14. The molecule has 0 aliphatic rings. The Labute approximate surface area is 180 Å². The highest BCUT2D eigenvalue weighted by Gasteiger charge is 2.41. The van der Waals surface area contributed by atoms with Crippen LogP contribution in [0.2, 0.25) is 0 Å². The second kappa shape index (κ2) is 7.77. The van der Waals surface area contributed by atoms with Crippen molar-refractivity contribution >= 4 is 22.4 Å². The van der Waals surface area contributed by atoms with Gasteiger partial charge >= 0.3 is 29.9 Å². The molecule has 17 heteroatoms. The largest absolute Gasteiger partial charge is 0.435 e. The molecule has 0 aliphatic carbocycles. The maximum Gasteiger partial charge on any atom is 0.435 e. The van der Waals surface area contributed by atoms with Gasteiger partial charge in [0.05, 0.1) is 44.1 Å². The first-order valence-corrected chi connectivity index (χ1v) is 8.41. The molecule has 2 aromatic carbocycles. The van der Waals surface area contributed by atoms with Crippen LogP contribution in [-0.4, -0.2) is 19.8 Å². The molecule has 0 spiro atoms. The molecule has 0 aliphatic heterocycles. The smallest absolute Gasteiger partial charge is 0.258 e. The molecule has 34 heavy (non-hydrogen) atoms. The van der Waals surface area contributed by atoms with Crippen molar-refractivity contribution in [3.63, 3.8) is 0 Å². The van der Waals surface area contributed by atoms with Crippen LogP contribution in [0.15, 0.2) is 30.3 Å². The number of benzene rings is 2. The van der Waals surface area contributed by atoms with Gasteiger partial charge < -0.3 is 0 Å². The highest BCUT2D eigenvalue weighted by Crippen LogP contribution is 2.42. The molecule has 3 aromatic rings. The Bertz CT molecular complexity index is 1300. The number of aromatic nitrogens is 2. The number of alkyl halides is 9. The van der Waals surface area contributed by atoms with Crippen LogP contribution < -0.4 is 0 Å². The Morgan fingerprint density at radius 2 is 1.03 bits per heavy atom. The van der Waals surface area contributed by atoms with Gasteiger partial charge in [0.15, 0.2) is 5.69 Å². The number of rotatable bonds is 3. The minimum atomic E-state index is -5.49. The summed E-state index contributed by atoms with van der Waals surface area (Å²) in [7, 11) is 0. The standard InChI is InChI=1S/C17H5F9N4O4/c18-15(19,20)7-1-6(2-8(3-7)16(21,22)23)13-14(17(24,25)26)28-10-5-12(30(33)34)11(29(31)32)4-9(10)27-13/h1-5H. The predicted octanol–water partition coefficient (Wildman–Crippen LogP) is 6.17. The highest BCUT2D eigenvalue weighted by molar-refractivity contribution is 5.85. The lowest BCUT2D eigenvalue weighted by molar-refractivity contribution is -0.422. The van der Waals surface area contributed by atoms with Gasteiger partial charge in [0.2, 0.25) is 0 Å². The second-order valence-electron chi connectivity index (χ2n) is 6.56. The van der Waals surface area contributed by atoms with Crippen LogP contribution >= 0.6 is 0 Å². The Balaban J connectivity index is 2.45. The fourth-order valence-electron chi connectivity index (χ4n) is 2.86. The van der Waals surface area contributed by atoms with Crippen molar-refractivity contribution in [1.82, 2.24) is 9.97 Å². The van der Waals surface area contributed by atoms with Gasteiger partial charge in [-0.2, -0.15) is 39.5 Å². The lowest BCUT2D eigenvalue weighted by Gasteiger charge is -2.16. The zero-order chi connectivity index (χ0) is 25.8. The van der Waals surface area contributed by atoms with E-state index >= 15 is 0 Å². The van der Waals surface area contributed by atoms with Gasteiger partial charge in [-0.1, -0.05) is 0 Å². The maximum atomic E-state index is 13.6. The van der Waals surface area contributed by atoms with E-state index in [0.717, 1.165) is 0 Å². The van der Waals surface area contributed by atoms with Crippen LogP contribution in [0, 0.1) is 20.2 Å². The summed E-state index contributed by atoms with van der Waals surface area (Å²) in [4.78, 5) is 26.0. The molecule has 0 saturated carbocycles. The van der Waals surface area contributed by atoms with Gasteiger partial charge in [0.25, 0.3) is 0 Å². The summed E-state index contributed by atoms with van der Waals surface area (Å²) in [5.74, 6) is 0. The molecule has 180 valence electrons. The molecule has 1 aromatic heterocycles. The summed E-state index contributed by atoms with van der Waals surface area (Å²) in [5.41, 5.74) is -12.9. The van der Waals surface area contributed by atoms with E-state index in [0.29, 0.717) is 6.07 Å². The quantitative estimate of drug-likeness (QED) is 0.242. The topological polar surface area (TPSA) is 112 Å². The monoisotopic (exact) mass is 500 g/mol. The Kier molecular flexibility index (Phi) is 5.62. The molecule has 0 unspecified atom stereocenters. The molecule has 0 amide bonds. The van der Waals surface area contributed by atoms with Crippen LogP contribution in [0.3, 0.4) is 0 Å². The average molecular weight is 500 g/mol. The Morgan fingerprint density at radius 3 is 1.38 bits per heavy atom. The first kappa shape index (κ1) is 24.6. The second-order valence-corrected chi connectivity index (χ2v) is 6.56. The number of hydrogen-bond acceptors (Lipinski definition) is 6. The SMILES string of the molecule is O=[N+]([O-])c1cc2nc(-c3cc(C(F)(F)F)cc(C(F)(F)F)c3)c(C(F)(F)F)nc2cc1[N+](=O)[O-]. The molecule has 8 nitrogen and oxygen atoms in total. The van der Waals surface area contributed by atoms with Crippen molar-refractivity contribution in [2.75, 3.05) is 0 Å². The molecule has 0 radical (unpaired) electrons. The first-order valence-electron chi connectivity index (χ1n) is 8.41. The number of halogens is 9. The van der Waals surface area contributed by atoms with E-state index < -0.39 is 78.9 Å². The summed E-state index contributed by atoms with van der Waals surface area (Å²) in [6, 6.07) is 0.245. The minimum absolute atomic E-state index is 0.0276. The van der Waals surface area contributed by atoms with Crippen molar-refractivity contribution in [3.8, 4) is 11.3 Å². The third-order valence-electron chi connectivity index (χ3n) is 4.28. The number of nitro benzene ring substituents is 2. The molecular weight excluding hydrogens is 495 g/mol. The summed E-state index contributed by atoms with van der Waals surface area (Å²) >= 11 is 0. The molecule has 0 bridgehead atoms. The summed E-state index contributed by atoms with van der Waals surface area (Å²) < 4.78 is 120. The molecule has 0 fully saturated rings. The van der Waals surface area contributed by atoms with E-state index in [9.17, 15) is 59.7 Å². The number of hydrogen-bond donors (Lipinski definition) is 0. The molecule has 0 saturated heterocycles. The van der Waals surface area contributed by atoms with Crippen LogP contribution in [0.25, 0.3) is 22.3 Å². The zero-order valence-corrected chi connectivity index (χ0v) is 15.7. The van der Waals surface area contributed by atoms with Crippen LogP contribution in [0.5, 0.6) is 0 Å². The molecule has 0 atom stereocenters. The maximum absolute atomic E-state index is 13.6. The molecule has 3 rings (SSSR count). The van der Waals surface area contributed by atoms with Crippen LogP contribution in [0.4, 0.5) is 50.9 Å². The number of fused-ring (bicyclic) bond motifs is 1. The summed E-state index contributed by atoms with van der Waals surface area (Å²) in [6.45, 7) is 0. The van der Waals surface area contributed by atoms with Crippen molar-refractivity contribution in [3.05, 3.63) is 67.4 Å². The van der Waals surface area contributed by atoms with Crippen molar-refractivity contribution < 1.29 is 49.4 Å². The van der Waals surface area contributed by atoms with Gasteiger partial charge in [-0.15, -0.1) is 0 Å². The number of nitro groups is 2. The molecular formula is C17H5F9N4O4. The molecule has 0 N–H and O–H groups in total. The van der Waals surface area contributed by atoms with Gasteiger partial charge in [-0.25, -0.2) is 9.97 Å². The van der Waals surface area contributed by atoms with Gasteiger partial charge in [0.1, 0.15) is 5.69 Å². The summed E-state index contributed by atoms with van der Waals surface area (Å²) in [6.07, 6.45) is -16.3. The average Bonchev–Trinajstić information content (AvgIpc) is 2.69. The van der Waals surface area contributed by atoms with Crippen LogP contribution in [-0.2, 0) is 18.5 Å². The van der Waals surface area contributed by atoms with Gasteiger partial charge in [-0.05, 0) is 18.2 Å². The lowest BCUT2D eigenvalue weighted by atomic mass is 10.0. The van der Waals surface area contributed by atoms with Crippen molar-refractivity contribution in [1.29, 1.82) is 0 Å². The van der Waals surface area contributed by atoms with Crippen molar-refractivity contribution in [2.45, 2.75) is 18.5 Å². The van der Waals surface area contributed by atoms with Crippen LogP contribution in [0.1, 0.15) is 16.8 Å². The minimum Gasteiger partial charge on any atom is -0.258 e. The fourth-order valence-corrected chi connectivity index (χ4v) is 2.86. The fraction of sp³-hybridized carbons (Fsp3) is 0.176. The normalized spacial score (nSPS) is 12.7. The van der Waals surface area contributed by atoms with E-state index in [-0.39, 0.29) is 24.3 Å². The first-order chi connectivity index (χ1) is 15.4. The van der Waals surface area contributed by atoms with E-state index in [1.807, 2.05) is 0 Å². The molecule has 1 heterocycles. The Morgan fingerprint density at radius 1 is 0.618 bits per heavy atom. The summed E-state index contributed by atoms with van der Waals surface area (Å²) in [5, 5.41) is 22.1. The van der Waals surface area contributed by atoms with E-state index in [1.165, 1.54) is 0 Å². The third-order valence-corrected chi connectivity index (χ3v) is 4.28.